The lowest BCUT2D eigenvalue weighted by molar-refractivity contribution is 0.391. The van der Waals surface area contributed by atoms with Gasteiger partial charge in [-0.2, -0.15) is 5.26 Å². The first-order chi connectivity index (χ1) is 9.29. The minimum absolute atomic E-state index is 0.00885. The quantitative estimate of drug-likeness (QED) is 0.834. The van der Waals surface area contributed by atoms with Crippen molar-refractivity contribution < 1.29 is 8.42 Å². The van der Waals surface area contributed by atoms with Gasteiger partial charge in [0.05, 0.1) is 10.5 Å². The number of nitrogens with one attached hydrogen (secondary N) is 1. The van der Waals surface area contributed by atoms with Crippen molar-refractivity contribution in [3.63, 3.8) is 0 Å². The van der Waals surface area contributed by atoms with Crippen LogP contribution in [0.5, 0.6) is 0 Å². The fourth-order valence-electron chi connectivity index (χ4n) is 1.82. The topological polar surface area (TPSA) is 96.0 Å². The van der Waals surface area contributed by atoms with Crippen molar-refractivity contribution in [2.45, 2.75) is 44.0 Å². The van der Waals surface area contributed by atoms with Crippen LogP contribution in [-0.2, 0) is 10.0 Å². The molecule has 0 saturated carbocycles. The van der Waals surface area contributed by atoms with Crippen molar-refractivity contribution in [1.29, 1.82) is 5.26 Å². The second-order valence-corrected chi connectivity index (χ2v) is 6.69. The van der Waals surface area contributed by atoms with Gasteiger partial charge in [0.15, 0.2) is 0 Å². The molecule has 20 heavy (non-hydrogen) atoms. The Labute approximate surface area is 120 Å². The normalized spacial score (nSPS) is 12.2. The van der Waals surface area contributed by atoms with Gasteiger partial charge in [0.2, 0.25) is 10.0 Å². The van der Waals surface area contributed by atoms with Crippen LogP contribution in [0.2, 0.25) is 0 Å². The number of sulfonamides is 1. The minimum atomic E-state index is -3.73. The number of nitrogens with zero attached hydrogens (tertiary/aromatic N) is 1. The van der Waals surface area contributed by atoms with Gasteiger partial charge in [-0.05, 0) is 31.4 Å². The van der Waals surface area contributed by atoms with Crippen LogP contribution < -0.4 is 10.5 Å². The molecule has 6 heteroatoms. The number of hydrogen-bond donors (Lipinski definition) is 2. The molecular formula is C14H21N3O2S. The van der Waals surface area contributed by atoms with Gasteiger partial charge in [-0.15, -0.1) is 0 Å². The third-order valence-electron chi connectivity index (χ3n) is 3.66. The summed E-state index contributed by atoms with van der Waals surface area (Å²) >= 11 is 0. The Kier molecular flexibility index (Phi) is 5.28. The van der Waals surface area contributed by atoms with Gasteiger partial charge < -0.3 is 5.73 Å². The molecule has 0 atom stereocenters. The van der Waals surface area contributed by atoms with Gasteiger partial charge in [0, 0.05) is 12.1 Å². The lowest BCUT2D eigenvalue weighted by Crippen LogP contribution is -2.49. The zero-order valence-electron chi connectivity index (χ0n) is 12.1. The van der Waals surface area contributed by atoms with E-state index in [9.17, 15) is 8.42 Å². The Morgan fingerprint density at radius 2 is 1.95 bits per heavy atom. The number of rotatable bonds is 6. The third kappa shape index (κ3) is 3.57. The monoisotopic (exact) mass is 295 g/mol. The van der Waals surface area contributed by atoms with E-state index in [1.807, 2.05) is 19.9 Å². The zero-order chi connectivity index (χ0) is 15.4. The molecule has 3 N–H and O–H groups in total. The summed E-state index contributed by atoms with van der Waals surface area (Å²) in [7, 11) is -3.73. The molecule has 0 aromatic heterocycles. The Morgan fingerprint density at radius 3 is 2.45 bits per heavy atom. The van der Waals surface area contributed by atoms with E-state index in [2.05, 4.69) is 4.72 Å². The van der Waals surface area contributed by atoms with Crippen molar-refractivity contribution in [2.75, 3.05) is 6.54 Å². The molecule has 0 aliphatic heterocycles. The molecule has 0 aliphatic rings. The van der Waals surface area contributed by atoms with Crippen molar-refractivity contribution in [3.8, 4) is 6.07 Å². The lowest BCUT2D eigenvalue weighted by atomic mass is 9.95. The molecular weight excluding hydrogens is 274 g/mol. The smallest absolute Gasteiger partial charge is 0.241 e. The van der Waals surface area contributed by atoms with Crippen LogP contribution in [0.25, 0.3) is 0 Å². The summed E-state index contributed by atoms with van der Waals surface area (Å²) < 4.78 is 27.2. The van der Waals surface area contributed by atoms with Crippen LogP contribution in [0.1, 0.15) is 37.8 Å². The van der Waals surface area contributed by atoms with E-state index >= 15 is 0 Å². The summed E-state index contributed by atoms with van der Waals surface area (Å²) in [5.74, 6) is 0. The van der Waals surface area contributed by atoms with Crippen molar-refractivity contribution >= 4 is 10.0 Å². The van der Waals surface area contributed by atoms with E-state index in [4.69, 9.17) is 11.0 Å². The highest BCUT2D eigenvalue weighted by Crippen LogP contribution is 2.19. The largest absolute Gasteiger partial charge is 0.324 e. The fraction of sp³-hybridized carbons (Fsp3) is 0.500. The van der Waals surface area contributed by atoms with E-state index in [0.717, 1.165) is 0 Å². The molecule has 5 nitrogen and oxygen atoms in total. The maximum Gasteiger partial charge on any atom is 0.241 e. The molecule has 0 spiro atoms. The van der Waals surface area contributed by atoms with Gasteiger partial charge in [-0.3, -0.25) is 0 Å². The number of aryl methyl sites for hydroxylation is 1. The first-order valence-corrected chi connectivity index (χ1v) is 8.06. The SMILES string of the molecule is CCC(N)(CC)CNS(=O)(=O)c1cccc(C)c1C#N. The zero-order valence-corrected chi connectivity index (χ0v) is 12.9. The summed E-state index contributed by atoms with van der Waals surface area (Å²) in [6.07, 6.45) is 1.34. The maximum atomic E-state index is 12.3. The summed E-state index contributed by atoms with van der Waals surface area (Å²) in [6, 6.07) is 6.72. The van der Waals surface area contributed by atoms with Gasteiger partial charge in [-0.1, -0.05) is 26.0 Å². The number of benzene rings is 1. The molecule has 110 valence electrons. The fourth-order valence-corrected chi connectivity index (χ4v) is 3.19. The third-order valence-corrected chi connectivity index (χ3v) is 5.10. The Bertz CT molecular complexity index is 614. The molecule has 1 rings (SSSR count). The second-order valence-electron chi connectivity index (χ2n) is 4.95. The van der Waals surface area contributed by atoms with Crippen molar-refractivity contribution in [3.05, 3.63) is 29.3 Å². The maximum absolute atomic E-state index is 12.3. The van der Waals surface area contributed by atoms with Gasteiger partial charge in [0.25, 0.3) is 0 Å². The molecule has 0 saturated heterocycles. The molecule has 1 aromatic rings. The summed E-state index contributed by atoms with van der Waals surface area (Å²) in [5, 5.41) is 9.12. The average molecular weight is 295 g/mol. The first-order valence-electron chi connectivity index (χ1n) is 6.58. The second kappa shape index (κ2) is 6.35. The van der Waals surface area contributed by atoms with E-state index in [1.165, 1.54) is 6.07 Å². The lowest BCUT2D eigenvalue weighted by Gasteiger charge is -2.26. The molecule has 0 fully saturated rings. The predicted octanol–water partition coefficient (Wildman–Crippen LogP) is 1.66. The van der Waals surface area contributed by atoms with Crippen LogP contribution in [-0.4, -0.2) is 20.5 Å². The molecule has 0 heterocycles. The molecule has 0 unspecified atom stereocenters. The molecule has 0 amide bonds. The summed E-state index contributed by atoms with van der Waals surface area (Å²) in [6.45, 7) is 5.71. The predicted molar refractivity (Wildman–Crippen MR) is 78.6 cm³/mol. The van der Waals surface area contributed by atoms with Crippen LogP contribution >= 0.6 is 0 Å². The number of nitriles is 1. The van der Waals surface area contributed by atoms with E-state index < -0.39 is 15.6 Å². The molecule has 0 radical (unpaired) electrons. The first kappa shape index (κ1) is 16.6. The standard InChI is InChI=1S/C14H21N3O2S/c1-4-14(16,5-2)10-17-20(18,19)13-8-6-7-11(3)12(13)9-15/h6-8,17H,4-5,10,16H2,1-3H3. The highest BCUT2D eigenvalue weighted by atomic mass is 32.2. The van der Waals surface area contributed by atoms with Crippen LogP contribution in [0.15, 0.2) is 23.1 Å². The highest BCUT2D eigenvalue weighted by Gasteiger charge is 2.25. The van der Waals surface area contributed by atoms with Crippen LogP contribution in [0, 0.1) is 18.3 Å². The van der Waals surface area contributed by atoms with E-state index in [0.29, 0.717) is 18.4 Å². The Morgan fingerprint density at radius 1 is 1.35 bits per heavy atom. The molecule has 1 aromatic carbocycles. The summed E-state index contributed by atoms with van der Waals surface area (Å²) in [4.78, 5) is 0.00885. The average Bonchev–Trinajstić information content (AvgIpc) is 2.44. The van der Waals surface area contributed by atoms with Crippen molar-refractivity contribution in [2.24, 2.45) is 5.73 Å². The minimum Gasteiger partial charge on any atom is -0.324 e. The van der Waals surface area contributed by atoms with Crippen molar-refractivity contribution in [1.82, 2.24) is 4.72 Å². The number of hydrogen-bond acceptors (Lipinski definition) is 4. The van der Waals surface area contributed by atoms with Gasteiger partial charge >= 0.3 is 0 Å². The molecule has 0 bridgehead atoms. The van der Waals surface area contributed by atoms with E-state index in [-0.39, 0.29) is 17.0 Å². The Balaban J connectivity index is 3.08. The number of nitrogens with two attached hydrogens (primary N) is 1. The van der Waals surface area contributed by atoms with Gasteiger partial charge in [0.1, 0.15) is 6.07 Å². The van der Waals surface area contributed by atoms with Crippen LogP contribution in [0.4, 0.5) is 0 Å². The summed E-state index contributed by atoms with van der Waals surface area (Å²) in [5.41, 5.74) is 6.34. The molecule has 0 aliphatic carbocycles. The van der Waals surface area contributed by atoms with Crippen LogP contribution in [0.3, 0.4) is 0 Å². The van der Waals surface area contributed by atoms with E-state index in [1.54, 1.807) is 19.1 Å². The Hall–Kier alpha value is -1.42. The highest BCUT2D eigenvalue weighted by molar-refractivity contribution is 7.89. The van der Waals surface area contributed by atoms with Gasteiger partial charge in [-0.25, -0.2) is 13.1 Å².